The molecule has 1 rings (SSSR count). The Balaban J connectivity index is 0.000000162. The monoisotopic (exact) mass is 256 g/mol. The summed E-state index contributed by atoms with van der Waals surface area (Å²) in [6.45, 7) is 0. The van der Waals surface area contributed by atoms with Crippen LogP contribution in [0, 0.1) is 6.42 Å². The second-order valence-electron chi connectivity index (χ2n) is 1.39. The maximum atomic E-state index is 5.20. The first-order valence-electron chi connectivity index (χ1n) is 2.66. The number of rotatable bonds is 1. The summed E-state index contributed by atoms with van der Waals surface area (Å²) in [5.41, 5.74) is 0. The van der Waals surface area contributed by atoms with Crippen molar-refractivity contribution in [3.05, 3.63) is 30.7 Å². The number of halogens is 2. The molecule has 0 N–H and O–H groups in total. The third-order valence-electron chi connectivity index (χ3n) is 0.710. The summed E-state index contributed by atoms with van der Waals surface area (Å²) in [6, 6.07) is 0. The maximum Gasteiger partial charge on any atom is 0.00506 e. The Morgan fingerprint density at radius 1 is 1.10 bits per heavy atom. The predicted molar refractivity (Wildman–Crippen MR) is 41.3 cm³/mol. The van der Waals surface area contributed by atoms with Crippen molar-refractivity contribution < 1.29 is 22.6 Å². The third-order valence-corrected chi connectivity index (χ3v) is 3.29. The summed E-state index contributed by atoms with van der Waals surface area (Å²) >= 11 is -2.14. The summed E-state index contributed by atoms with van der Waals surface area (Å²) in [4.78, 5) is 0. The van der Waals surface area contributed by atoms with Crippen molar-refractivity contribution in [2.45, 2.75) is 0 Å². The van der Waals surface area contributed by atoms with E-state index in [2.05, 4.69) is 2.81 Å². The van der Waals surface area contributed by atoms with Gasteiger partial charge in [-0.05, 0) is 0 Å². The van der Waals surface area contributed by atoms with Gasteiger partial charge in [0.2, 0.25) is 0 Å². The molecule has 0 aromatic rings. The Morgan fingerprint density at radius 2 is 1.50 bits per heavy atom. The molecule has 1 aliphatic rings. The molecule has 56 valence electrons. The summed E-state index contributed by atoms with van der Waals surface area (Å²) in [5.74, 6) is 0. The molecule has 0 atom stereocenters. The molecule has 4 heteroatoms. The third kappa shape index (κ3) is 8.90. The maximum absolute atomic E-state index is 5.20. The molecule has 0 saturated carbocycles. The Bertz CT molecular complexity index is 113. The molecule has 0 aromatic heterocycles. The minimum atomic E-state index is -2.14. The van der Waals surface area contributed by atoms with Crippen LogP contribution in [0.25, 0.3) is 0 Å². The fourth-order valence-corrected chi connectivity index (χ4v) is 0.321. The van der Waals surface area contributed by atoms with Gasteiger partial charge in [0.15, 0.2) is 0 Å². The topological polar surface area (TPSA) is 9.23 Å². The molecule has 0 aliphatic heterocycles. The van der Waals surface area contributed by atoms with Gasteiger partial charge in [-0.15, -0.1) is 0 Å². The average molecular weight is 258 g/mol. The van der Waals surface area contributed by atoms with E-state index in [1.54, 1.807) is 0 Å². The quantitative estimate of drug-likeness (QED) is 0.702. The van der Waals surface area contributed by atoms with E-state index in [-0.39, 0.29) is 0 Å². The molecule has 0 heterocycles. The molecule has 1 radical (unpaired) electrons. The second-order valence-corrected chi connectivity index (χ2v) is 8.71. The van der Waals surface area contributed by atoms with Crippen LogP contribution in [0.3, 0.4) is 0 Å². The van der Waals surface area contributed by atoms with E-state index in [1.807, 2.05) is 30.7 Å². The van der Waals surface area contributed by atoms with Gasteiger partial charge in [0.25, 0.3) is 0 Å². The van der Waals surface area contributed by atoms with Crippen molar-refractivity contribution in [1.29, 1.82) is 0 Å². The van der Waals surface area contributed by atoms with Crippen LogP contribution in [0.4, 0.5) is 0 Å². The van der Waals surface area contributed by atoms with Gasteiger partial charge in [0.1, 0.15) is 0 Å². The van der Waals surface area contributed by atoms with Crippen LogP contribution in [0.5, 0.6) is 0 Å². The van der Waals surface area contributed by atoms with Crippen LogP contribution >= 0.6 is 17.0 Å². The van der Waals surface area contributed by atoms with Gasteiger partial charge in [-0.3, -0.25) is 0 Å². The molecule has 0 saturated heterocycles. The molecule has 0 bridgehead atoms. The molecule has 0 spiro atoms. The Morgan fingerprint density at radius 3 is 1.60 bits per heavy atom. The van der Waals surface area contributed by atoms with Gasteiger partial charge < -0.3 is 0 Å². The SMILES string of the molecule is C[O][Zr]([Cl])[Cl].[CH]1C=CC=C1. The van der Waals surface area contributed by atoms with Gasteiger partial charge in [-0.1, -0.05) is 24.3 Å². The van der Waals surface area contributed by atoms with Gasteiger partial charge in [0.05, 0.1) is 0 Å². The van der Waals surface area contributed by atoms with Crippen molar-refractivity contribution in [1.82, 2.24) is 0 Å². The second kappa shape index (κ2) is 8.00. The van der Waals surface area contributed by atoms with Crippen LogP contribution in [0.15, 0.2) is 24.3 Å². The van der Waals surface area contributed by atoms with E-state index in [1.165, 1.54) is 7.11 Å². The predicted octanol–water partition coefficient (Wildman–Crippen LogP) is 2.79. The van der Waals surface area contributed by atoms with Crippen molar-refractivity contribution in [3.8, 4) is 0 Å². The zero-order valence-corrected chi connectivity index (χ0v) is 9.52. The Labute approximate surface area is 77.1 Å². The standard InChI is InChI=1S/C5H5.CH3O.2ClH.Zr/c1-2-4-5-3-1;1-2;;;/h1-5H;1H3;2*1H;/q;-1;;;+3/p-2. The first-order chi connectivity index (χ1) is 4.77. The smallest absolute Gasteiger partial charge is 0.00506 e. The molecule has 0 aromatic carbocycles. The van der Waals surface area contributed by atoms with Crippen molar-refractivity contribution >= 4 is 17.0 Å². The number of hydrogen-bond acceptors (Lipinski definition) is 1. The molecule has 1 aliphatic carbocycles. The number of hydrogen-bond donors (Lipinski definition) is 0. The van der Waals surface area contributed by atoms with E-state index >= 15 is 0 Å². The zero-order chi connectivity index (χ0) is 7.82. The normalized spacial score (nSPS) is 12.7. The minimum Gasteiger partial charge on any atom is -0.0767 e. The van der Waals surface area contributed by atoms with Gasteiger partial charge in [-0.25, -0.2) is 0 Å². The van der Waals surface area contributed by atoms with Crippen LogP contribution in [0.2, 0.25) is 0 Å². The van der Waals surface area contributed by atoms with Crippen molar-refractivity contribution in [2.75, 3.05) is 7.11 Å². The van der Waals surface area contributed by atoms with E-state index in [4.69, 9.17) is 17.0 Å². The first-order valence-corrected chi connectivity index (χ1v) is 9.99. The van der Waals surface area contributed by atoms with Gasteiger partial charge in [0, 0.05) is 6.42 Å². The van der Waals surface area contributed by atoms with Crippen LogP contribution in [-0.4, -0.2) is 7.11 Å². The molecular formula is C6H8Cl2OZr. The minimum absolute atomic E-state index is 1.52. The van der Waals surface area contributed by atoms with Crippen LogP contribution in [0.1, 0.15) is 0 Å². The molecule has 1 nitrogen and oxygen atoms in total. The van der Waals surface area contributed by atoms with E-state index < -0.39 is 19.8 Å². The molecule has 0 amide bonds. The summed E-state index contributed by atoms with van der Waals surface area (Å²) < 4.78 is 4.48. The van der Waals surface area contributed by atoms with Crippen LogP contribution < -0.4 is 0 Å². The summed E-state index contributed by atoms with van der Waals surface area (Å²) in [5, 5.41) is 0. The first kappa shape index (κ1) is 10.9. The van der Waals surface area contributed by atoms with Crippen molar-refractivity contribution in [2.24, 2.45) is 0 Å². The fourth-order valence-electron chi connectivity index (χ4n) is 0.321. The van der Waals surface area contributed by atoms with Gasteiger partial charge >= 0.3 is 46.8 Å². The zero-order valence-electron chi connectivity index (χ0n) is 5.55. The number of allylic oxidation sites excluding steroid dienone is 4. The van der Waals surface area contributed by atoms with Crippen LogP contribution in [-0.2, 0) is 22.6 Å². The van der Waals surface area contributed by atoms with Gasteiger partial charge in [-0.2, -0.15) is 0 Å². The largest absolute Gasteiger partial charge is 0.0767 e. The van der Waals surface area contributed by atoms with E-state index in [0.717, 1.165) is 0 Å². The molecule has 0 fully saturated rings. The fraction of sp³-hybridized carbons (Fsp3) is 0.167. The Hall–Kier alpha value is 0.903. The summed E-state index contributed by atoms with van der Waals surface area (Å²) in [6.07, 6.45) is 10.0. The average Bonchev–Trinajstić information content (AvgIpc) is 2.43. The van der Waals surface area contributed by atoms with E-state index in [9.17, 15) is 0 Å². The summed E-state index contributed by atoms with van der Waals surface area (Å²) in [7, 11) is 11.9. The van der Waals surface area contributed by atoms with E-state index in [0.29, 0.717) is 0 Å². The molecule has 10 heavy (non-hydrogen) atoms. The molecule has 0 unspecified atom stereocenters. The Kier molecular flexibility index (Phi) is 8.73. The molecular weight excluding hydrogens is 250 g/mol. The van der Waals surface area contributed by atoms with Crippen molar-refractivity contribution in [3.63, 3.8) is 0 Å².